The van der Waals surface area contributed by atoms with E-state index in [9.17, 15) is 28.0 Å². The molecule has 1 aromatic heterocycles. The van der Waals surface area contributed by atoms with Crippen molar-refractivity contribution in [2.45, 2.75) is 45.5 Å². The van der Waals surface area contributed by atoms with Crippen LogP contribution in [0.1, 0.15) is 49.4 Å². The molecule has 216 valence electrons. The first kappa shape index (κ1) is 29.6. The smallest absolute Gasteiger partial charge is 0.416 e. The molecule has 0 aliphatic carbocycles. The summed E-state index contributed by atoms with van der Waals surface area (Å²) < 4.78 is 48.6. The molecule has 2 aromatic carbocycles. The number of carbonyl (C=O) groups is 1. The predicted molar refractivity (Wildman–Crippen MR) is 146 cm³/mol. The highest BCUT2D eigenvalue weighted by Crippen LogP contribution is 2.43. The van der Waals surface area contributed by atoms with Gasteiger partial charge in [-0.3, -0.25) is 4.90 Å². The summed E-state index contributed by atoms with van der Waals surface area (Å²) in [4.78, 5) is 30.7. The van der Waals surface area contributed by atoms with Gasteiger partial charge in [-0.1, -0.05) is 25.1 Å². The number of carbonyl (C=O) groups excluding carboxylic acids is 1. The van der Waals surface area contributed by atoms with E-state index in [1.54, 1.807) is 31.2 Å². The summed E-state index contributed by atoms with van der Waals surface area (Å²) in [5, 5.41) is 13.8. The first-order chi connectivity index (χ1) is 19.5. The van der Waals surface area contributed by atoms with Crippen LogP contribution in [0, 0.1) is 11.3 Å². The molecule has 0 saturated carbocycles. The summed E-state index contributed by atoms with van der Waals surface area (Å²) >= 11 is 0. The lowest BCUT2D eigenvalue weighted by Crippen LogP contribution is -2.38. The van der Waals surface area contributed by atoms with Gasteiger partial charge >= 0.3 is 17.8 Å². The van der Waals surface area contributed by atoms with Gasteiger partial charge in [0.05, 0.1) is 29.9 Å². The van der Waals surface area contributed by atoms with E-state index in [2.05, 4.69) is 16.9 Å². The van der Waals surface area contributed by atoms with Crippen LogP contribution in [-0.4, -0.2) is 52.5 Å². The number of hydrogen-bond donors (Lipinski definition) is 0. The molecular formula is C29H31F3N6O3. The van der Waals surface area contributed by atoms with Crippen LogP contribution in [0.3, 0.4) is 0 Å². The van der Waals surface area contributed by atoms with E-state index in [1.807, 2.05) is 13.1 Å². The molecule has 1 unspecified atom stereocenters. The Balaban J connectivity index is 1.93. The van der Waals surface area contributed by atoms with Crippen LogP contribution < -0.4 is 10.6 Å². The number of esters is 1. The van der Waals surface area contributed by atoms with E-state index in [0.29, 0.717) is 24.1 Å². The van der Waals surface area contributed by atoms with Gasteiger partial charge in [-0.2, -0.15) is 18.4 Å². The Bertz CT molecular complexity index is 1550. The number of aromatic nitrogens is 3. The Morgan fingerprint density at radius 1 is 1.17 bits per heavy atom. The van der Waals surface area contributed by atoms with Crippen LogP contribution in [0.25, 0.3) is 0 Å². The van der Waals surface area contributed by atoms with Gasteiger partial charge in [0.15, 0.2) is 0 Å². The lowest BCUT2D eigenvalue weighted by molar-refractivity contribution is -0.138. The number of methoxy groups -OCH3 is 1. The maximum Gasteiger partial charge on any atom is 0.416 e. The molecule has 1 aliphatic rings. The third-order valence-corrected chi connectivity index (χ3v) is 7.02. The van der Waals surface area contributed by atoms with Gasteiger partial charge in [0.1, 0.15) is 6.04 Å². The number of rotatable bonds is 9. The fourth-order valence-corrected chi connectivity index (χ4v) is 5.07. The molecule has 0 saturated heterocycles. The number of nitriles is 1. The summed E-state index contributed by atoms with van der Waals surface area (Å²) in [6, 6.07) is 12.1. The highest BCUT2D eigenvalue weighted by Gasteiger charge is 2.41. The summed E-state index contributed by atoms with van der Waals surface area (Å²) in [5.74, 6) is -0.684. The maximum atomic E-state index is 13.9. The zero-order valence-corrected chi connectivity index (χ0v) is 23.3. The van der Waals surface area contributed by atoms with Crippen LogP contribution in [0.15, 0.2) is 64.6 Å². The van der Waals surface area contributed by atoms with Crippen LogP contribution >= 0.6 is 0 Å². The largest absolute Gasteiger partial charge is 0.466 e. The van der Waals surface area contributed by atoms with E-state index in [0.717, 1.165) is 25.1 Å². The molecule has 12 heteroatoms. The van der Waals surface area contributed by atoms with Crippen molar-refractivity contribution in [1.29, 1.82) is 5.26 Å². The minimum Gasteiger partial charge on any atom is -0.466 e. The molecule has 4 rings (SSSR count). The van der Waals surface area contributed by atoms with Crippen molar-refractivity contribution in [1.82, 2.24) is 19.2 Å². The second kappa shape index (κ2) is 12.0. The first-order valence-corrected chi connectivity index (χ1v) is 13.2. The normalized spacial score (nSPS) is 15.2. The van der Waals surface area contributed by atoms with Gasteiger partial charge in [0, 0.05) is 17.9 Å². The van der Waals surface area contributed by atoms with Crippen molar-refractivity contribution >= 4 is 17.6 Å². The number of alkyl halides is 3. The number of allylic oxidation sites excluding steroid dienone is 1. The molecule has 0 amide bonds. The van der Waals surface area contributed by atoms with Gasteiger partial charge < -0.3 is 9.64 Å². The van der Waals surface area contributed by atoms with E-state index in [4.69, 9.17) is 4.74 Å². The second-order valence-electron chi connectivity index (χ2n) is 9.84. The van der Waals surface area contributed by atoms with Crippen molar-refractivity contribution < 1.29 is 22.7 Å². The van der Waals surface area contributed by atoms with Crippen LogP contribution in [-0.2, 0) is 22.3 Å². The Hall–Kier alpha value is -4.37. The number of nitrogens with zero attached hydrogens (tertiary/aromatic N) is 6. The molecule has 2 heterocycles. The van der Waals surface area contributed by atoms with Crippen LogP contribution in [0.4, 0.5) is 24.8 Å². The van der Waals surface area contributed by atoms with E-state index in [-0.39, 0.29) is 29.5 Å². The number of aryl methyl sites for hydroxylation is 1. The standard InChI is InChI=1S/C29H31F3N6O3/c1-5-14-35(3)15-7-16-36-28(40)38-25(21-12-10-20(18-33)11-13-21)24(26(39)41-4)19(2)37(27(38)34-36)23-9-6-8-22(17-23)29(30,31)32/h6,8-13,17,25H,5,7,14-16H2,1-4H3. The topological polar surface area (TPSA) is 96.4 Å². The SMILES string of the molecule is CCCN(C)CCCn1nc2n(c1=O)C(c1ccc(C#N)cc1)C(C(=O)OC)=C(C)N2c1cccc(C(F)(F)F)c1. The average molecular weight is 569 g/mol. The zero-order chi connectivity index (χ0) is 29.9. The quantitative estimate of drug-likeness (QED) is 0.341. The van der Waals surface area contributed by atoms with Gasteiger partial charge in [-0.25, -0.2) is 18.8 Å². The average Bonchev–Trinajstić information content (AvgIpc) is 3.26. The number of hydrogen-bond acceptors (Lipinski definition) is 7. The third kappa shape index (κ3) is 5.90. The minimum absolute atomic E-state index is 0.0615. The summed E-state index contributed by atoms with van der Waals surface area (Å²) in [5.41, 5.74) is -0.113. The summed E-state index contributed by atoms with van der Waals surface area (Å²) in [6.45, 7) is 5.52. The van der Waals surface area contributed by atoms with Gasteiger partial charge in [-0.05, 0) is 75.8 Å². The van der Waals surface area contributed by atoms with E-state index in [1.165, 1.54) is 33.4 Å². The fraction of sp³-hybridized carbons (Fsp3) is 0.379. The fourth-order valence-electron chi connectivity index (χ4n) is 5.07. The predicted octanol–water partition coefficient (Wildman–Crippen LogP) is 4.86. The molecule has 9 nitrogen and oxygen atoms in total. The Morgan fingerprint density at radius 2 is 1.88 bits per heavy atom. The molecule has 0 N–H and O–H groups in total. The van der Waals surface area contributed by atoms with E-state index < -0.39 is 29.4 Å². The highest BCUT2D eigenvalue weighted by atomic mass is 19.4. The molecule has 0 radical (unpaired) electrons. The van der Waals surface area contributed by atoms with Gasteiger partial charge in [0.25, 0.3) is 0 Å². The Labute approximate surface area is 235 Å². The van der Waals surface area contributed by atoms with E-state index >= 15 is 0 Å². The maximum absolute atomic E-state index is 13.9. The monoisotopic (exact) mass is 568 g/mol. The Morgan fingerprint density at radius 3 is 2.49 bits per heavy atom. The molecule has 3 aromatic rings. The molecule has 0 spiro atoms. The molecule has 0 bridgehead atoms. The number of anilines is 2. The van der Waals surface area contributed by atoms with Gasteiger partial charge in [-0.15, -0.1) is 5.10 Å². The lowest BCUT2D eigenvalue weighted by atomic mass is 9.93. The van der Waals surface area contributed by atoms with Crippen molar-refractivity contribution in [3.63, 3.8) is 0 Å². The van der Waals surface area contributed by atoms with Gasteiger partial charge in [0.2, 0.25) is 5.95 Å². The number of fused-ring (bicyclic) bond motifs is 1. The molecule has 0 fully saturated rings. The first-order valence-electron chi connectivity index (χ1n) is 13.2. The highest BCUT2D eigenvalue weighted by molar-refractivity contribution is 5.93. The summed E-state index contributed by atoms with van der Waals surface area (Å²) in [7, 11) is 3.18. The Kier molecular flexibility index (Phi) is 8.68. The number of halogens is 3. The zero-order valence-electron chi connectivity index (χ0n) is 23.3. The van der Waals surface area contributed by atoms with Crippen molar-refractivity contribution in [2.75, 3.05) is 32.1 Å². The van der Waals surface area contributed by atoms with Crippen LogP contribution in [0.5, 0.6) is 0 Å². The van der Waals surface area contributed by atoms with Crippen molar-refractivity contribution in [3.8, 4) is 6.07 Å². The minimum atomic E-state index is -4.61. The van der Waals surface area contributed by atoms with Crippen LogP contribution in [0.2, 0.25) is 0 Å². The lowest BCUT2D eigenvalue weighted by Gasteiger charge is -2.35. The second-order valence-corrected chi connectivity index (χ2v) is 9.84. The molecule has 1 atom stereocenters. The molecule has 41 heavy (non-hydrogen) atoms. The molecular weight excluding hydrogens is 537 g/mol. The molecule has 1 aliphatic heterocycles. The number of benzene rings is 2. The van der Waals surface area contributed by atoms with Crippen molar-refractivity contribution in [2.24, 2.45) is 0 Å². The third-order valence-electron chi connectivity index (χ3n) is 7.02. The number of ether oxygens (including phenoxy) is 1. The van der Waals surface area contributed by atoms with Crippen molar-refractivity contribution in [3.05, 3.63) is 87.0 Å². The summed E-state index contributed by atoms with van der Waals surface area (Å²) in [6.07, 6.45) is -3.02.